The van der Waals surface area contributed by atoms with E-state index in [2.05, 4.69) is 32.4 Å². The Balaban J connectivity index is 1.91. The molecule has 3 heterocycles. The molecule has 0 saturated heterocycles. The average molecular weight is 252 g/mol. The number of amides is 1. The smallest absolute Gasteiger partial charge is 0.231 e. The summed E-state index contributed by atoms with van der Waals surface area (Å²) in [5, 5.41) is 4.00. The Kier molecular flexibility index (Phi) is 1.90. The SMILES string of the molecule is CC1C(=O)Nc2cc3[nH]c(-c4c[nH]cn4)cc3cc21. The number of imidazole rings is 1. The van der Waals surface area contributed by atoms with Crippen molar-refractivity contribution >= 4 is 22.5 Å². The van der Waals surface area contributed by atoms with Crippen molar-refractivity contribution < 1.29 is 4.79 Å². The van der Waals surface area contributed by atoms with Gasteiger partial charge in [-0.15, -0.1) is 0 Å². The van der Waals surface area contributed by atoms with Crippen molar-refractivity contribution in [1.29, 1.82) is 0 Å². The summed E-state index contributed by atoms with van der Waals surface area (Å²) in [4.78, 5) is 22.1. The van der Waals surface area contributed by atoms with Crippen LogP contribution in [0.1, 0.15) is 18.4 Å². The fourth-order valence-electron chi connectivity index (χ4n) is 2.59. The molecule has 0 radical (unpaired) electrons. The van der Waals surface area contributed by atoms with Gasteiger partial charge in [-0.05, 0) is 30.7 Å². The minimum absolute atomic E-state index is 0.0650. The Bertz CT molecular complexity index is 785. The predicted molar refractivity (Wildman–Crippen MR) is 72.9 cm³/mol. The van der Waals surface area contributed by atoms with Crippen molar-refractivity contribution in [3.63, 3.8) is 0 Å². The molecular weight excluding hydrogens is 240 g/mol. The second-order valence-corrected chi connectivity index (χ2v) is 4.88. The number of carbonyl (C=O) groups excluding carboxylic acids is 1. The molecule has 1 amide bonds. The molecule has 1 aromatic carbocycles. The molecule has 1 aliphatic rings. The van der Waals surface area contributed by atoms with Gasteiger partial charge in [0, 0.05) is 22.8 Å². The summed E-state index contributed by atoms with van der Waals surface area (Å²) in [6, 6.07) is 6.11. The zero-order chi connectivity index (χ0) is 13.0. The van der Waals surface area contributed by atoms with E-state index in [9.17, 15) is 4.79 Å². The van der Waals surface area contributed by atoms with Crippen LogP contribution in [0, 0.1) is 0 Å². The van der Waals surface area contributed by atoms with Gasteiger partial charge in [0.25, 0.3) is 0 Å². The monoisotopic (exact) mass is 252 g/mol. The van der Waals surface area contributed by atoms with Crippen molar-refractivity contribution in [2.75, 3.05) is 5.32 Å². The highest BCUT2D eigenvalue weighted by Gasteiger charge is 2.27. The molecule has 0 bridgehead atoms. The number of H-pyrrole nitrogens is 2. The number of fused-ring (bicyclic) bond motifs is 2. The quantitative estimate of drug-likeness (QED) is 0.622. The van der Waals surface area contributed by atoms with Crippen LogP contribution in [-0.2, 0) is 4.79 Å². The van der Waals surface area contributed by atoms with E-state index in [1.165, 1.54) is 0 Å². The first-order valence-corrected chi connectivity index (χ1v) is 6.19. The molecule has 94 valence electrons. The average Bonchev–Trinajstić information content (AvgIpc) is 3.08. The molecular formula is C14H12N4O. The second-order valence-electron chi connectivity index (χ2n) is 4.88. The first-order chi connectivity index (χ1) is 9.22. The minimum Gasteiger partial charge on any atom is -0.353 e. The Morgan fingerprint density at radius 2 is 2.16 bits per heavy atom. The third-order valence-corrected chi connectivity index (χ3v) is 3.68. The summed E-state index contributed by atoms with van der Waals surface area (Å²) in [5.41, 5.74) is 4.82. The summed E-state index contributed by atoms with van der Waals surface area (Å²) in [7, 11) is 0. The molecule has 2 aromatic heterocycles. The van der Waals surface area contributed by atoms with E-state index in [1.807, 2.05) is 19.2 Å². The van der Waals surface area contributed by atoms with Gasteiger partial charge < -0.3 is 15.3 Å². The number of hydrogen-bond acceptors (Lipinski definition) is 2. The van der Waals surface area contributed by atoms with E-state index in [-0.39, 0.29) is 11.8 Å². The lowest BCUT2D eigenvalue weighted by Gasteiger charge is -2.00. The van der Waals surface area contributed by atoms with Crippen LogP contribution in [-0.4, -0.2) is 20.9 Å². The van der Waals surface area contributed by atoms with Crippen molar-refractivity contribution in [2.45, 2.75) is 12.8 Å². The lowest BCUT2D eigenvalue weighted by Crippen LogP contribution is -2.08. The highest BCUT2D eigenvalue weighted by atomic mass is 16.2. The van der Waals surface area contributed by atoms with E-state index in [0.29, 0.717) is 0 Å². The summed E-state index contributed by atoms with van der Waals surface area (Å²) >= 11 is 0. The third kappa shape index (κ3) is 1.41. The molecule has 3 N–H and O–H groups in total. The standard InChI is InChI=1S/C14H12N4O/c1-7-9-2-8-3-12(13-5-15-6-16-13)17-10(8)4-11(9)18-14(7)19/h2-7,17H,1H3,(H,15,16)(H,18,19). The number of benzene rings is 1. The Labute approximate surface area is 109 Å². The summed E-state index contributed by atoms with van der Waals surface area (Å²) < 4.78 is 0. The number of aromatic nitrogens is 3. The highest BCUT2D eigenvalue weighted by Crippen LogP contribution is 2.36. The number of aromatic amines is 2. The first kappa shape index (κ1) is 10.4. The maximum absolute atomic E-state index is 11.6. The second kappa shape index (κ2) is 3.47. The summed E-state index contributed by atoms with van der Waals surface area (Å²) in [6.07, 6.45) is 3.51. The zero-order valence-electron chi connectivity index (χ0n) is 10.3. The number of nitrogens with zero attached hydrogens (tertiary/aromatic N) is 1. The van der Waals surface area contributed by atoms with Crippen LogP contribution in [0.2, 0.25) is 0 Å². The van der Waals surface area contributed by atoms with Gasteiger partial charge in [0.05, 0.1) is 17.9 Å². The van der Waals surface area contributed by atoms with Crippen molar-refractivity contribution in [3.05, 3.63) is 36.3 Å². The molecule has 3 aromatic rings. The predicted octanol–water partition coefficient (Wildman–Crippen LogP) is 2.61. The van der Waals surface area contributed by atoms with E-state index in [0.717, 1.165) is 33.5 Å². The van der Waals surface area contributed by atoms with Crippen LogP contribution >= 0.6 is 0 Å². The van der Waals surface area contributed by atoms with E-state index >= 15 is 0 Å². The largest absolute Gasteiger partial charge is 0.353 e. The number of rotatable bonds is 1. The lowest BCUT2D eigenvalue weighted by molar-refractivity contribution is -0.116. The number of carbonyl (C=O) groups is 1. The van der Waals surface area contributed by atoms with Gasteiger partial charge in [-0.1, -0.05) is 0 Å². The first-order valence-electron chi connectivity index (χ1n) is 6.19. The Hall–Kier alpha value is -2.56. The van der Waals surface area contributed by atoms with E-state index in [4.69, 9.17) is 0 Å². The molecule has 1 unspecified atom stereocenters. The third-order valence-electron chi connectivity index (χ3n) is 3.68. The minimum atomic E-state index is -0.0804. The topological polar surface area (TPSA) is 73.6 Å². The molecule has 0 fully saturated rings. The van der Waals surface area contributed by atoms with Crippen LogP contribution in [0.25, 0.3) is 22.3 Å². The van der Waals surface area contributed by atoms with E-state index in [1.54, 1.807) is 6.33 Å². The maximum atomic E-state index is 11.6. The van der Waals surface area contributed by atoms with Gasteiger partial charge in [-0.3, -0.25) is 4.79 Å². The van der Waals surface area contributed by atoms with Crippen molar-refractivity contribution in [1.82, 2.24) is 15.0 Å². The van der Waals surface area contributed by atoms with Crippen molar-refractivity contribution in [2.24, 2.45) is 0 Å². The summed E-state index contributed by atoms with van der Waals surface area (Å²) in [6.45, 7) is 1.92. The molecule has 19 heavy (non-hydrogen) atoms. The number of hydrogen-bond donors (Lipinski definition) is 3. The molecule has 0 aliphatic carbocycles. The highest BCUT2D eigenvalue weighted by molar-refractivity contribution is 6.05. The fraction of sp³-hybridized carbons (Fsp3) is 0.143. The molecule has 0 saturated carbocycles. The normalized spacial score (nSPS) is 17.7. The molecule has 1 aliphatic heterocycles. The van der Waals surface area contributed by atoms with E-state index < -0.39 is 0 Å². The van der Waals surface area contributed by atoms with Gasteiger partial charge in [0.15, 0.2) is 0 Å². The van der Waals surface area contributed by atoms with Crippen LogP contribution in [0.4, 0.5) is 5.69 Å². The lowest BCUT2D eigenvalue weighted by atomic mass is 10.0. The van der Waals surface area contributed by atoms with Gasteiger partial charge in [-0.2, -0.15) is 0 Å². The fourth-order valence-corrected chi connectivity index (χ4v) is 2.59. The Morgan fingerprint density at radius 3 is 2.95 bits per heavy atom. The van der Waals surface area contributed by atoms with Crippen LogP contribution in [0.3, 0.4) is 0 Å². The Morgan fingerprint density at radius 1 is 1.26 bits per heavy atom. The zero-order valence-corrected chi connectivity index (χ0v) is 10.3. The van der Waals surface area contributed by atoms with Crippen molar-refractivity contribution in [3.8, 4) is 11.4 Å². The molecule has 4 rings (SSSR count). The maximum Gasteiger partial charge on any atom is 0.231 e. The molecule has 0 spiro atoms. The number of nitrogens with one attached hydrogen (secondary N) is 3. The molecule has 1 atom stereocenters. The number of anilines is 1. The molecule has 5 heteroatoms. The van der Waals surface area contributed by atoms with Gasteiger partial charge >= 0.3 is 0 Å². The van der Waals surface area contributed by atoms with Crippen LogP contribution in [0.15, 0.2) is 30.7 Å². The summed E-state index contributed by atoms with van der Waals surface area (Å²) in [5.74, 6) is -0.0155. The van der Waals surface area contributed by atoms with Gasteiger partial charge in [-0.25, -0.2) is 4.98 Å². The van der Waals surface area contributed by atoms with Crippen LogP contribution < -0.4 is 5.32 Å². The van der Waals surface area contributed by atoms with Gasteiger partial charge in [0.2, 0.25) is 5.91 Å². The van der Waals surface area contributed by atoms with Gasteiger partial charge in [0.1, 0.15) is 5.69 Å². The molecule has 5 nitrogen and oxygen atoms in total. The van der Waals surface area contributed by atoms with Crippen LogP contribution in [0.5, 0.6) is 0 Å².